The van der Waals surface area contributed by atoms with Crippen molar-refractivity contribution in [3.8, 4) is 11.5 Å². The minimum atomic E-state index is -0.0407. The molecule has 1 aliphatic carbocycles. The van der Waals surface area contributed by atoms with Crippen molar-refractivity contribution in [3.63, 3.8) is 0 Å². The molecular formula is C22H28N2O3. The van der Waals surface area contributed by atoms with Crippen LogP contribution in [0.4, 0.5) is 5.69 Å². The van der Waals surface area contributed by atoms with Gasteiger partial charge in [-0.05, 0) is 43.4 Å². The maximum atomic E-state index is 12.5. The number of anilines is 1. The van der Waals surface area contributed by atoms with E-state index in [2.05, 4.69) is 41.8 Å². The number of carbonyl (C=O) groups excluding carboxylic acids is 1. The Kier molecular flexibility index (Phi) is 6.35. The third kappa shape index (κ3) is 5.23. The van der Waals surface area contributed by atoms with Crippen molar-refractivity contribution >= 4 is 11.6 Å². The highest BCUT2D eigenvalue weighted by Gasteiger charge is 2.33. The topological polar surface area (TPSA) is 59.6 Å². The Hall–Kier alpha value is -2.53. The Labute approximate surface area is 161 Å². The fraction of sp³-hybridized carbons (Fsp3) is 0.409. The molecule has 1 amide bonds. The van der Waals surface area contributed by atoms with Gasteiger partial charge in [0.15, 0.2) is 0 Å². The minimum absolute atomic E-state index is 0.0407. The first-order valence-electron chi connectivity index (χ1n) is 9.43. The summed E-state index contributed by atoms with van der Waals surface area (Å²) >= 11 is 0. The van der Waals surface area contributed by atoms with Crippen LogP contribution in [-0.4, -0.2) is 26.2 Å². The molecule has 5 nitrogen and oxygen atoms in total. The molecule has 3 rings (SSSR count). The first kappa shape index (κ1) is 19.2. The molecule has 1 aliphatic rings. The van der Waals surface area contributed by atoms with E-state index in [0.29, 0.717) is 35.6 Å². The Morgan fingerprint density at radius 3 is 2.48 bits per heavy atom. The van der Waals surface area contributed by atoms with E-state index < -0.39 is 0 Å². The molecule has 2 N–H and O–H groups in total. The van der Waals surface area contributed by atoms with Gasteiger partial charge in [-0.25, -0.2) is 0 Å². The van der Waals surface area contributed by atoms with Crippen LogP contribution in [0.3, 0.4) is 0 Å². The summed E-state index contributed by atoms with van der Waals surface area (Å²) in [6.45, 7) is 2.06. The first-order chi connectivity index (χ1) is 13.1. The summed E-state index contributed by atoms with van der Waals surface area (Å²) in [6.07, 6.45) is 2.88. The van der Waals surface area contributed by atoms with E-state index in [-0.39, 0.29) is 11.9 Å². The highest BCUT2D eigenvalue weighted by Crippen LogP contribution is 2.41. The maximum absolute atomic E-state index is 12.5. The number of benzene rings is 2. The van der Waals surface area contributed by atoms with E-state index >= 15 is 0 Å². The normalized spacial score (nSPS) is 15.7. The zero-order chi connectivity index (χ0) is 19.2. The number of hydrogen-bond donors (Lipinski definition) is 2. The molecule has 0 aliphatic heterocycles. The predicted molar refractivity (Wildman–Crippen MR) is 107 cm³/mol. The summed E-state index contributed by atoms with van der Waals surface area (Å²) in [5.74, 6) is 1.90. The van der Waals surface area contributed by atoms with Crippen LogP contribution in [0.25, 0.3) is 0 Å². The fourth-order valence-corrected chi connectivity index (χ4v) is 3.34. The van der Waals surface area contributed by atoms with E-state index in [1.807, 2.05) is 6.07 Å². The van der Waals surface area contributed by atoms with Gasteiger partial charge in [-0.2, -0.15) is 0 Å². The predicted octanol–water partition coefficient (Wildman–Crippen LogP) is 4.16. The van der Waals surface area contributed by atoms with Gasteiger partial charge in [0.25, 0.3) is 0 Å². The molecule has 0 heterocycles. The van der Waals surface area contributed by atoms with Crippen molar-refractivity contribution in [2.45, 2.75) is 38.3 Å². The fourth-order valence-electron chi connectivity index (χ4n) is 3.34. The third-order valence-electron chi connectivity index (χ3n) is 4.89. The number of methoxy groups -OCH3 is 2. The second-order valence-electron chi connectivity index (χ2n) is 7.11. The first-order valence-corrected chi connectivity index (χ1v) is 9.43. The highest BCUT2D eigenvalue weighted by atomic mass is 16.5. The van der Waals surface area contributed by atoms with Crippen LogP contribution >= 0.6 is 0 Å². The largest absolute Gasteiger partial charge is 0.497 e. The van der Waals surface area contributed by atoms with Crippen molar-refractivity contribution in [1.29, 1.82) is 0 Å². The molecule has 1 fully saturated rings. The number of nitrogens with one attached hydrogen (secondary N) is 2. The van der Waals surface area contributed by atoms with Crippen LogP contribution in [0.2, 0.25) is 0 Å². The van der Waals surface area contributed by atoms with Crippen LogP contribution in [0, 0.1) is 5.92 Å². The molecule has 144 valence electrons. The molecule has 0 bridgehead atoms. The molecule has 2 aromatic rings. The zero-order valence-corrected chi connectivity index (χ0v) is 16.2. The molecule has 2 unspecified atom stereocenters. The monoisotopic (exact) mass is 368 g/mol. The van der Waals surface area contributed by atoms with E-state index in [9.17, 15) is 4.79 Å². The summed E-state index contributed by atoms with van der Waals surface area (Å²) in [4.78, 5) is 12.5. The lowest BCUT2D eigenvalue weighted by Gasteiger charge is -2.23. The highest BCUT2D eigenvalue weighted by molar-refractivity contribution is 5.92. The molecular weight excluding hydrogens is 340 g/mol. The van der Waals surface area contributed by atoms with Crippen LogP contribution in [0.1, 0.15) is 37.8 Å². The minimum Gasteiger partial charge on any atom is -0.497 e. The molecule has 0 radical (unpaired) electrons. The standard InChI is InChI=1S/C22H28N2O3/c1-15(23-22(17-9-10-17)16-7-5-4-6-8-16)13-21(25)24-19-12-11-18(26-2)14-20(19)27-3/h4-8,11-12,14-15,17,22-23H,9-10,13H2,1-3H3,(H,24,25). The van der Waals surface area contributed by atoms with Gasteiger partial charge in [-0.1, -0.05) is 30.3 Å². The SMILES string of the molecule is COc1ccc(NC(=O)CC(C)NC(c2ccccc2)C2CC2)c(OC)c1. The van der Waals surface area contributed by atoms with Gasteiger partial charge in [0.05, 0.1) is 19.9 Å². The van der Waals surface area contributed by atoms with Gasteiger partial charge in [0.2, 0.25) is 5.91 Å². The van der Waals surface area contributed by atoms with Crippen LogP contribution in [0.15, 0.2) is 48.5 Å². The number of ether oxygens (including phenoxy) is 2. The maximum Gasteiger partial charge on any atom is 0.226 e. The second kappa shape index (κ2) is 8.91. The molecule has 0 aromatic heterocycles. The number of amides is 1. The van der Waals surface area contributed by atoms with Crippen molar-refractivity contribution in [3.05, 3.63) is 54.1 Å². The molecule has 0 saturated heterocycles. The average molecular weight is 368 g/mol. The summed E-state index contributed by atoms with van der Waals surface area (Å²) in [5.41, 5.74) is 1.95. The van der Waals surface area contributed by atoms with Gasteiger partial charge in [0.1, 0.15) is 11.5 Å². The van der Waals surface area contributed by atoms with Crippen molar-refractivity contribution < 1.29 is 14.3 Å². The van der Waals surface area contributed by atoms with Gasteiger partial charge in [-0.3, -0.25) is 4.79 Å². The summed E-state index contributed by atoms with van der Waals surface area (Å²) in [7, 11) is 3.18. The number of hydrogen-bond acceptors (Lipinski definition) is 4. The lowest BCUT2D eigenvalue weighted by atomic mass is 10.0. The van der Waals surface area contributed by atoms with Crippen molar-refractivity contribution in [1.82, 2.24) is 5.32 Å². The van der Waals surface area contributed by atoms with Gasteiger partial charge in [-0.15, -0.1) is 0 Å². The Balaban J connectivity index is 1.59. The molecule has 2 atom stereocenters. The Morgan fingerprint density at radius 1 is 1.11 bits per heavy atom. The summed E-state index contributed by atoms with van der Waals surface area (Å²) in [6, 6.07) is 16.2. The molecule has 0 spiro atoms. The van der Waals surface area contributed by atoms with Crippen LogP contribution < -0.4 is 20.1 Å². The van der Waals surface area contributed by atoms with Crippen LogP contribution in [0.5, 0.6) is 11.5 Å². The Morgan fingerprint density at radius 2 is 1.85 bits per heavy atom. The average Bonchev–Trinajstić information content (AvgIpc) is 3.52. The van der Waals surface area contributed by atoms with E-state index in [1.165, 1.54) is 18.4 Å². The van der Waals surface area contributed by atoms with E-state index in [4.69, 9.17) is 9.47 Å². The Bertz CT molecular complexity index is 759. The zero-order valence-electron chi connectivity index (χ0n) is 16.2. The quantitative estimate of drug-likeness (QED) is 0.698. The van der Waals surface area contributed by atoms with Crippen molar-refractivity contribution in [2.24, 2.45) is 5.92 Å². The van der Waals surface area contributed by atoms with E-state index in [0.717, 1.165) is 0 Å². The summed E-state index contributed by atoms with van der Waals surface area (Å²) < 4.78 is 10.5. The third-order valence-corrected chi connectivity index (χ3v) is 4.89. The number of rotatable bonds is 9. The smallest absolute Gasteiger partial charge is 0.226 e. The molecule has 5 heteroatoms. The van der Waals surface area contributed by atoms with Crippen molar-refractivity contribution in [2.75, 3.05) is 19.5 Å². The second-order valence-corrected chi connectivity index (χ2v) is 7.11. The molecule has 27 heavy (non-hydrogen) atoms. The van der Waals surface area contributed by atoms with Crippen LogP contribution in [-0.2, 0) is 4.79 Å². The molecule has 2 aromatic carbocycles. The van der Waals surface area contributed by atoms with Gasteiger partial charge < -0.3 is 20.1 Å². The van der Waals surface area contributed by atoms with E-state index in [1.54, 1.807) is 32.4 Å². The summed E-state index contributed by atoms with van der Waals surface area (Å²) in [5, 5.41) is 6.59. The van der Waals surface area contributed by atoms with Gasteiger partial charge >= 0.3 is 0 Å². The molecule has 1 saturated carbocycles. The lowest BCUT2D eigenvalue weighted by Crippen LogP contribution is -2.34. The lowest BCUT2D eigenvalue weighted by molar-refractivity contribution is -0.116. The number of carbonyl (C=O) groups is 1. The van der Waals surface area contributed by atoms with Gasteiger partial charge in [0, 0.05) is 24.6 Å².